The average molecular weight is 1050 g/mol. The summed E-state index contributed by atoms with van der Waals surface area (Å²) in [6, 6.07) is -7.15. The van der Waals surface area contributed by atoms with Gasteiger partial charge in [-0.3, -0.25) is 52.7 Å². The van der Waals surface area contributed by atoms with Crippen molar-refractivity contribution < 1.29 is 87.1 Å². The smallest absolute Gasteiger partial charge is 0.336 e. The molecule has 0 radical (unpaired) electrons. The van der Waals surface area contributed by atoms with E-state index < -0.39 is 169 Å². The molecule has 0 fully saturated rings. The van der Waals surface area contributed by atoms with E-state index in [1.54, 1.807) is 33.8 Å². The van der Waals surface area contributed by atoms with Gasteiger partial charge in [0.25, 0.3) is 0 Å². The third-order valence-electron chi connectivity index (χ3n) is 11.0. The highest BCUT2D eigenvalue weighted by Crippen LogP contribution is 2.23. The van der Waals surface area contributed by atoms with Crippen molar-refractivity contribution in [3.05, 3.63) is 40.2 Å². The second-order valence-electron chi connectivity index (χ2n) is 18.1. The monoisotopic (exact) mass is 1050 g/mol. The summed E-state index contributed by atoms with van der Waals surface area (Å²) in [5.74, 6) is -15.4. The van der Waals surface area contributed by atoms with Crippen LogP contribution in [0, 0.1) is 18.8 Å². The summed E-state index contributed by atoms with van der Waals surface area (Å²) in [7, 11) is 0. The summed E-state index contributed by atoms with van der Waals surface area (Å²) >= 11 is 0. The minimum atomic E-state index is -2.00. The molecule has 0 aliphatic rings. The predicted molar refractivity (Wildman–Crippen MR) is 257 cm³/mol. The molecule has 0 aliphatic heterocycles. The zero-order valence-electron chi connectivity index (χ0n) is 42.3. The number of aryl methyl sites for hydroxylation is 1. The number of amides is 8. The van der Waals surface area contributed by atoms with Crippen LogP contribution >= 0.6 is 0 Å². The molecule has 74 heavy (non-hydrogen) atoms. The Hall–Kier alpha value is -7.97. The molecule has 12 N–H and O–H groups in total. The minimum absolute atomic E-state index is 0.0380. The van der Waals surface area contributed by atoms with Crippen molar-refractivity contribution >= 4 is 82.1 Å². The molecule has 8 amide bonds. The third kappa shape index (κ3) is 19.9. The molecule has 9 atom stereocenters. The molecule has 0 saturated carbocycles. The van der Waals surface area contributed by atoms with E-state index in [-0.39, 0.29) is 17.8 Å². The van der Waals surface area contributed by atoms with E-state index in [0.29, 0.717) is 17.4 Å². The molecule has 0 aliphatic carbocycles. The van der Waals surface area contributed by atoms with Crippen molar-refractivity contribution in [2.75, 3.05) is 0 Å². The SMILES string of the molecule is CCC[C@H](NC(=O)[C@H](C)NC(=O)[C@@H](NC(=O)[C@@H](NC(=O)[C@H](CC(=O)O)NC(=O)[C@H](CCC(=O)O)NC(=O)[C@@H](NC(=O)[C@H](CC(=O)O)NC(C)=O)[C@@H](C)O)C(C)C)C(C)C)C(=O)Oc1ccc2c(C)cc(=O)oc2c1. The van der Waals surface area contributed by atoms with Crippen molar-refractivity contribution in [1.29, 1.82) is 0 Å². The van der Waals surface area contributed by atoms with Gasteiger partial charge in [0.05, 0.1) is 18.9 Å². The number of benzene rings is 1. The summed E-state index contributed by atoms with van der Waals surface area (Å²) in [6.07, 6.45) is -4.75. The minimum Gasteiger partial charge on any atom is -0.481 e. The van der Waals surface area contributed by atoms with Gasteiger partial charge in [0.2, 0.25) is 47.3 Å². The van der Waals surface area contributed by atoms with Crippen LogP contribution in [-0.2, 0) is 57.5 Å². The number of aliphatic hydroxyl groups excluding tert-OH is 1. The lowest BCUT2D eigenvalue weighted by Crippen LogP contribution is -2.62. The Bertz CT molecular complexity index is 2470. The summed E-state index contributed by atoms with van der Waals surface area (Å²) in [4.78, 5) is 166. The molecular weight excluding hydrogens is 981 g/mol. The van der Waals surface area contributed by atoms with Crippen molar-refractivity contribution in [3.63, 3.8) is 0 Å². The number of carbonyl (C=O) groups excluding carboxylic acids is 9. The second-order valence-corrected chi connectivity index (χ2v) is 18.1. The Morgan fingerprint density at radius 2 is 1.04 bits per heavy atom. The lowest BCUT2D eigenvalue weighted by Gasteiger charge is -2.29. The normalized spacial score (nSPS) is 14.8. The van der Waals surface area contributed by atoms with Crippen molar-refractivity contribution in [2.24, 2.45) is 11.8 Å². The molecular formula is C47H66N8O19. The average Bonchev–Trinajstić information content (AvgIpc) is 3.28. The van der Waals surface area contributed by atoms with Gasteiger partial charge in [-0.25, -0.2) is 9.59 Å². The van der Waals surface area contributed by atoms with Gasteiger partial charge >= 0.3 is 29.5 Å². The number of carboxylic acid groups (broad SMARTS) is 3. The number of hydrogen-bond acceptors (Lipinski definition) is 16. The molecule has 0 bridgehead atoms. The maximum Gasteiger partial charge on any atom is 0.336 e. The largest absolute Gasteiger partial charge is 0.481 e. The number of carboxylic acids is 3. The lowest BCUT2D eigenvalue weighted by molar-refractivity contribution is -0.143. The van der Waals surface area contributed by atoms with Gasteiger partial charge in [-0.1, -0.05) is 41.0 Å². The maximum atomic E-state index is 13.8. The second kappa shape index (κ2) is 28.9. The molecule has 408 valence electrons. The quantitative estimate of drug-likeness (QED) is 0.0244. The number of fused-ring (bicyclic) bond motifs is 1. The first kappa shape index (κ1) is 62.1. The Morgan fingerprint density at radius 1 is 0.568 bits per heavy atom. The molecule has 27 heteroatoms. The van der Waals surface area contributed by atoms with Crippen LogP contribution in [0.1, 0.15) is 99.5 Å². The van der Waals surface area contributed by atoms with Crippen LogP contribution in [0.4, 0.5) is 0 Å². The Kier molecular flexibility index (Phi) is 24.3. The van der Waals surface area contributed by atoms with E-state index in [4.69, 9.17) is 9.15 Å². The molecule has 27 nitrogen and oxygen atoms in total. The van der Waals surface area contributed by atoms with Crippen molar-refractivity contribution in [2.45, 2.75) is 155 Å². The molecule has 2 rings (SSSR count). The molecule has 1 aromatic heterocycles. The lowest BCUT2D eigenvalue weighted by atomic mass is 9.99. The molecule has 0 saturated heterocycles. The van der Waals surface area contributed by atoms with Gasteiger partial charge in [0, 0.05) is 30.9 Å². The first-order chi connectivity index (χ1) is 34.4. The number of esters is 1. The number of ether oxygens (including phenoxy) is 1. The van der Waals surface area contributed by atoms with Gasteiger partial charge in [-0.05, 0) is 63.1 Å². The fourth-order valence-electron chi connectivity index (χ4n) is 7.07. The van der Waals surface area contributed by atoms with Gasteiger partial charge in [-0.15, -0.1) is 0 Å². The number of aliphatic hydroxyl groups is 1. The first-order valence-electron chi connectivity index (χ1n) is 23.4. The summed E-state index contributed by atoms with van der Waals surface area (Å²) in [6.45, 7) is 12.9. The Morgan fingerprint density at radius 3 is 1.54 bits per heavy atom. The summed E-state index contributed by atoms with van der Waals surface area (Å²) in [5.41, 5.74) is 0.214. The molecule has 1 heterocycles. The molecule has 1 aromatic carbocycles. The van der Waals surface area contributed by atoms with E-state index in [1.807, 2.05) is 0 Å². The standard InChI is InChI=1S/C47H66N8O19/c1-10-11-29(47(72)73-26-12-13-27-22(6)16-36(64)74-32(27)17-26)51-40(65)23(7)48-44(69)37(20(2)3)54-45(70)38(21(4)5)53-43(68)31(19-35(62)63)52-41(66)28(14-15-33(58)59)50-46(71)39(24(8)56)55-42(67)30(18-34(60)61)49-25(9)57/h12-13,16-17,20-21,23-24,28-31,37-39,56H,10-11,14-15,18-19H2,1-9H3,(H,48,69)(H,49,57)(H,50,71)(H,51,65)(H,52,66)(H,53,68)(H,54,70)(H,55,67)(H,58,59)(H,60,61)(H,62,63)/t23-,24+,28-,29-,30-,31-,37-,38-,39-/m0/s1. The highest BCUT2D eigenvalue weighted by Gasteiger charge is 2.37. The van der Waals surface area contributed by atoms with Crippen LogP contribution in [0.3, 0.4) is 0 Å². The highest BCUT2D eigenvalue weighted by molar-refractivity contribution is 5.99. The first-order valence-corrected chi connectivity index (χ1v) is 23.4. The molecule has 2 aromatic rings. The summed E-state index contributed by atoms with van der Waals surface area (Å²) in [5, 5.41) is 57.5. The van der Waals surface area contributed by atoms with Crippen LogP contribution in [0.5, 0.6) is 5.75 Å². The zero-order chi connectivity index (χ0) is 56.3. The van der Waals surface area contributed by atoms with Crippen LogP contribution in [0.25, 0.3) is 11.0 Å². The van der Waals surface area contributed by atoms with Gasteiger partial charge in [0.15, 0.2) is 0 Å². The van der Waals surface area contributed by atoms with Crippen LogP contribution in [0.2, 0.25) is 0 Å². The predicted octanol–water partition coefficient (Wildman–Crippen LogP) is -1.77. The number of rotatable bonds is 29. The molecule has 0 unspecified atom stereocenters. The number of nitrogens with one attached hydrogen (secondary N) is 8. The van der Waals surface area contributed by atoms with Crippen LogP contribution in [0.15, 0.2) is 33.5 Å². The number of carbonyl (C=O) groups is 12. The number of aliphatic carboxylic acids is 3. The Labute approximate surface area is 424 Å². The van der Waals surface area contributed by atoms with Crippen molar-refractivity contribution in [1.82, 2.24) is 42.5 Å². The van der Waals surface area contributed by atoms with E-state index in [2.05, 4.69) is 42.5 Å². The highest BCUT2D eigenvalue weighted by atomic mass is 16.5. The number of hydrogen-bond donors (Lipinski definition) is 12. The maximum absolute atomic E-state index is 13.8. The molecule has 0 spiro atoms. The van der Waals surface area contributed by atoms with Crippen LogP contribution < -0.4 is 52.9 Å². The van der Waals surface area contributed by atoms with E-state index in [9.17, 15) is 82.8 Å². The van der Waals surface area contributed by atoms with Crippen LogP contribution in [-0.4, -0.2) is 146 Å². The zero-order valence-corrected chi connectivity index (χ0v) is 42.3. The van der Waals surface area contributed by atoms with Crippen molar-refractivity contribution in [3.8, 4) is 5.75 Å². The topological polar surface area (TPSA) is 421 Å². The fourth-order valence-corrected chi connectivity index (χ4v) is 7.07. The van der Waals surface area contributed by atoms with E-state index >= 15 is 0 Å². The van der Waals surface area contributed by atoms with E-state index in [0.717, 1.165) is 13.8 Å². The fraction of sp³-hybridized carbons (Fsp3) is 0.553. The van der Waals surface area contributed by atoms with Gasteiger partial charge < -0.3 is 72.1 Å². The third-order valence-corrected chi connectivity index (χ3v) is 11.0. The summed E-state index contributed by atoms with van der Waals surface area (Å²) < 4.78 is 10.7. The van der Waals surface area contributed by atoms with Gasteiger partial charge in [-0.2, -0.15) is 0 Å². The van der Waals surface area contributed by atoms with Gasteiger partial charge in [0.1, 0.15) is 59.7 Å². The Balaban J connectivity index is 2.25. The van der Waals surface area contributed by atoms with E-state index in [1.165, 1.54) is 39.0 Å².